The van der Waals surface area contributed by atoms with Gasteiger partial charge in [-0.3, -0.25) is 4.99 Å². The molecule has 1 heterocycles. The average molecular weight is 205 g/mol. The number of hydrogen-bond acceptors (Lipinski definition) is 4. The van der Waals surface area contributed by atoms with E-state index in [1.54, 1.807) is 13.2 Å². The number of aliphatic imine (C=N–C) groups is 1. The zero-order chi connectivity index (χ0) is 10.8. The van der Waals surface area contributed by atoms with E-state index >= 15 is 0 Å². The quantitative estimate of drug-likeness (QED) is 0.564. The third kappa shape index (κ3) is 1.64. The fraction of sp³-hybridized carbons (Fsp3) is 0.300. The van der Waals surface area contributed by atoms with Crippen molar-refractivity contribution < 1.29 is 14.4 Å². The van der Waals surface area contributed by atoms with Crippen molar-refractivity contribution in [3.05, 3.63) is 23.8 Å². The van der Waals surface area contributed by atoms with Crippen molar-refractivity contribution in [1.82, 2.24) is 0 Å². The number of benzene rings is 1. The zero-order valence-corrected chi connectivity index (χ0v) is 8.51. The van der Waals surface area contributed by atoms with Crippen LogP contribution in [0.15, 0.2) is 23.2 Å². The van der Waals surface area contributed by atoms with Gasteiger partial charge in [-0.15, -0.1) is 0 Å². The Morgan fingerprint density at radius 3 is 3.13 bits per heavy atom. The molecule has 1 atom stereocenters. The lowest BCUT2D eigenvalue weighted by atomic mass is 9.78. The van der Waals surface area contributed by atoms with Crippen LogP contribution in [0.4, 0.5) is 0 Å². The molecule has 0 saturated carbocycles. The molecule has 78 valence electrons. The van der Waals surface area contributed by atoms with E-state index < -0.39 is 7.12 Å². The zero-order valence-electron chi connectivity index (χ0n) is 8.51. The summed E-state index contributed by atoms with van der Waals surface area (Å²) < 4.78 is 10.5. The molecule has 15 heavy (non-hydrogen) atoms. The van der Waals surface area contributed by atoms with Gasteiger partial charge < -0.3 is 14.4 Å². The van der Waals surface area contributed by atoms with Gasteiger partial charge in [0.15, 0.2) is 0 Å². The summed E-state index contributed by atoms with van der Waals surface area (Å²) in [5.41, 5.74) is 1.63. The van der Waals surface area contributed by atoms with Crippen LogP contribution in [0.25, 0.3) is 0 Å². The molecule has 0 saturated heterocycles. The van der Waals surface area contributed by atoms with Gasteiger partial charge in [-0.25, -0.2) is 0 Å². The highest BCUT2D eigenvalue weighted by Gasteiger charge is 2.37. The van der Waals surface area contributed by atoms with Crippen molar-refractivity contribution in [2.45, 2.75) is 6.10 Å². The van der Waals surface area contributed by atoms with Gasteiger partial charge in [0.25, 0.3) is 0 Å². The number of nitrogens with zero attached hydrogens (tertiary/aromatic N) is 1. The second-order valence-corrected chi connectivity index (χ2v) is 3.35. The van der Waals surface area contributed by atoms with E-state index in [0.717, 1.165) is 5.56 Å². The predicted molar refractivity (Wildman–Crippen MR) is 58.8 cm³/mol. The van der Waals surface area contributed by atoms with Crippen LogP contribution >= 0.6 is 0 Å². The predicted octanol–water partition coefficient (Wildman–Crippen LogP) is 0.155. The van der Waals surface area contributed by atoms with Crippen LogP contribution in [-0.2, 0) is 4.65 Å². The molecule has 1 aliphatic rings. The van der Waals surface area contributed by atoms with Crippen LogP contribution in [0, 0.1) is 0 Å². The molecule has 1 aliphatic heterocycles. The summed E-state index contributed by atoms with van der Waals surface area (Å²) in [7, 11) is 0.643. The second-order valence-electron chi connectivity index (χ2n) is 3.35. The number of methoxy groups -OCH3 is 1. The fourth-order valence-corrected chi connectivity index (χ4v) is 1.84. The number of hydrogen-bond donors (Lipinski definition) is 1. The summed E-state index contributed by atoms with van der Waals surface area (Å²) in [4.78, 5) is 3.78. The third-order valence-electron chi connectivity index (χ3n) is 2.50. The van der Waals surface area contributed by atoms with Gasteiger partial charge in [-0.2, -0.15) is 0 Å². The van der Waals surface area contributed by atoms with E-state index in [0.29, 0.717) is 17.8 Å². The lowest BCUT2D eigenvalue weighted by Gasteiger charge is -2.08. The maximum Gasteiger partial charge on any atom is 0.495 e. The molecule has 0 radical (unpaired) electrons. The molecule has 0 aromatic heterocycles. The molecular formula is C10H12BNO3. The Balaban J connectivity index is 2.43. The Kier molecular flexibility index (Phi) is 2.75. The highest BCUT2D eigenvalue weighted by atomic mass is 16.5. The van der Waals surface area contributed by atoms with Crippen molar-refractivity contribution in [3.8, 4) is 5.75 Å². The first-order chi connectivity index (χ1) is 7.27. The second kappa shape index (κ2) is 4.04. The molecule has 0 bridgehead atoms. The molecule has 1 aromatic rings. The molecule has 0 aliphatic carbocycles. The Hall–Kier alpha value is -1.33. The van der Waals surface area contributed by atoms with E-state index in [2.05, 4.69) is 11.7 Å². The van der Waals surface area contributed by atoms with Gasteiger partial charge in [-0.05, 0) is 18.3 Å². The van der Waals surface area contributed by atoms with Gasteiger partial charge in [0, 0.05) is 5.46 Å². The molecule has 2 rings (SSSR count). The minimum Gasteiger partial charge on any atom is -0.497 e. The molecule has 4 nitrogen and oxygen atoms in total. The van der Waals surface area contributed by atoms with Crippen LogP contribution in [0.2, 0.25) is 0 Å². The van der Waals surface area contributed by atoms with Crippen LogP contribution in [0.5, 0.6) is 5.75 Å². The van der Waals surface area contributed by atoms with Crippen LogP contribution in [-0.4, -0.2) is 32.5 Å². The minimum absolute atomic E-state index is 0.220. The number of ether oxygens (including phenoxy) is 1. The van der Waals surface area contributed by atoms with Gasteiger partial charge in [-0.1, -0.05) is 12.1 Å². The van der Waals surface area contributed by atoms with Crippen LogP contribution < -0.4 is 10.2 Å². The normalized spacial score (nSPS) is 18.8. The molecule has 1 aromatic carbocycles. The summed E-state index contributed by atoms with van der Waals surface area (Å²) >= 11 is 0. The summed E-state index contributed by atoms with van der Waals surface area (Å²) in [5, 5.41) is 9.73. The maximum absolute atomic E-state index is 9.73. The summed E-state index contributed by atoms with van der Waals surface area (Å²) in [5.74, 6) is 0.645. The first-order valence-corrected chi connectivity index (χ1v) is 4.70. The highest BCUT2D eigenvalue weighted by molar-refractivity contribution is 6.62. The summed E-state index contributed by atoms with van der Waals surface area (Å²) in [6, 6.07) is 5.58. The Morgan fingerprint density at radius 1 is 1.67 bits per heavy atom. The van der Waals surface area contributed by atoms with E-state index in [4.69, 9.17) is 9.39 Å². The van der Waals surface area contributed by atoms with Crippen molar-refractivity contribution in [2.75, 3.05) is 13.7 Å². The molecular weight excluding hydrogens is 193 g/mol. The molecule has 1 unspecified atom stereocenters. The van der Waals surface area contributed by atoms with E-state index in [1.165, 1.54) is 0 Å². The minimum atomic E-state index is -0.928. The molecule has 0 spiro atoms. The summed E-state index contributed by atoms with van der Waals surface area (Å²) in [6.07, 6.45) is -0.220. The van der Waals surface area contributed by atoms with E-state index in [1.807, 2.05) is 12.1 Å². The van der Waals surface area contributed by atoms with E-state index in [9.17, 15) is 5.02 Å². The van der Waals surface area contributed by atoms with Gasteiger partial charge in [0.1, 0.15) is 5.75 Å². The van der Waals surface area contributed by atoms with Crippen molar-refractivity contribution in [1.29, 1.82) is 0 Å². The van der Waals surface area contributed by atoms with Crippen molar-refractivity contribution in [2.24, 2.45) is 4.99 Å². The van der Waals surface area contributed by atoms with Gasteiger partial charge in [0.2, 0.25) is 0 Å². The first kappa shape index (κ1) is 10.2. The van der Waals surface area contributed by atoms with Crippen LogP contribution in [0.3, 0.4) is 0 Å². The average Bonchev–Trinajstić information content (AvgIpc) is 2.57. The standard InChI is InChI=1S/C10H12BNO3/c1-12-6-9-7-4-3-5-8(14-2)10(7)11(13)15-9/h3-5,9,13H,1,6H2,2H3. The van der Waals surface area contributed by atoms with Crippen molar-refractivity contribution in [3.63, 3.8) is 0 Å². The Bertz CT molecular complexity index is 383. The molecule has 0 amide bonds. The van der Waals surface area contributed by atoms with Gasteiger partial charge >= 0.3 is 7.12 Å². The largest absolute Gasteiger partial charge is 0.497 e. The van der Waals surface area contributed by atoms with Crippen molar-refractivity contribution >= 4 is 19.3 Å². The lowest BCUT2D eigenvalue weighted by molar-refractivity contribution is 0.198. The monoisotopic (exact) mass is 205 g/mol. The van der Waals surface area contributed by atoms with E-state index in [-0.39, 0.29) is 6.10 Å². The Morgan fingerprint density at radius 2 is 2.47 bits per heavy atom. The first-order valence-electron chi connectivity index (χ1n) is 4.70. The molecule has 1 N–H and O–H groups in total. The number of fused-ring (bicyclic) bond motifs is 1. The summed E-state index contributed by atoms with van der Waals surface area (Å²) in [6.45, 7) is 3.86. The van der Waals surface area contributed by atoms with Crippen LogP contribution in [0.1, 0.15) is 11.7 Å². The topological polar surface area (TPSA) is 51.0 Å². The molecule has 5 heteroatoms. The SMILES string of the molecule is C=NCC1OB(O)c2c(OC)cccc21. The fourth-order valence-electron chi connectivity index (χ4n) is 1.84. The van der Waals surface area contributed by atoms with Gasteiger partial charge in [0.05, 0.1) is 19.8 Å². The maximum atomic E-state index is 9.73. The smallest absolute Gasteiger partial charge is 0.495 e. The number of rotatable bonds is 3. The highest BCUT2D eigenvalue weighted by Crippen LogP contribution is 2.27. The third-order valence-corrected chi connectivity index (χ3v) is 2.50. The molecule has 0 fully saturated rings. The lowest BCUT2D eigenvalue weighted by Crippen LogP contribution is -2.29. The Labute approximate surface area is 88.7 Å².